The van der Waals surface area contributed by atoms with Crippen LogP contribution in [0.1, 0.15) is 18.9 Å². The fourth-order valence-corrected chi connectivity index (χ4v) is 1.33. The summed E-state index contributed by atoms with van der Waals surface area (Å²) in [4.78, 5) is 11.4. The number of allylic oxidation sites excluding steroid dienone is 2. The summed E-state index contributed by atoms with van der Waals surface area (Å²) >= 11 is 0. The molecule has 0 aliphatic heterocycles. The molecule has 0 radical (unpaired) electrons. The van der Waals surface area contributed by atoms with Crippen LogP contribution in [0.15, 0.2) is 30.4 Å². The van der Waals surface area contributed by atoms with Gasteiger partial charge in [0, 0.05) is 6.42 Å². The summed E-state index contributed by atoms with van der Waals surface area (Å²) in [7, 11) is 1.41. The normalized spacial score (nSPS) is 10.7. The van der Waals surface area contributed by atoms with Crippen molar-refractivity contribution in [3.8, 4) is 5.75 Å². The van der Waals surface area contributed by atoms with Crippen molar-refractivity contribution in [1.29, 1.82) is 0 Å². The molecule has 0 unspecified atom stereocenters. The standard InChI is InChI=1S/C13H15FO2/c1-3-4-5-11(15)8-10-6-7-13(16-2)12(14)9-10/h4-7,9H,3,8H2,1-2H3/b5-4+. The zero-order valence-electron chi connectivity index (χ0n) is 9.50. The van der Waals surface area contributed by atoms with Crippen molar-refractivity contribution < 1.29 is 13.9 Å². The number of ketones is 1. The van der Waals surface area contributed by atoms with E-state index >= 15 is 0 Å². The molecular weight excluding hydrogens is 207 g/mol. The van der Waals surface area contributed by atoms with Crippen molar-refractivity contribution in [2.45, 2.75) is 19.8 Å². The molecule has 0 bridgehead atoms. The van der Waals surface area contributed by atoms with E-state index in [2.05, 4.69) is 0 Å². The third-order valence-electron chi connectivity index (χ3n) is 2.13. The van der Waals surface area contributed by atoms with Crippen molar-refractivity contribution in [1.82, 2.24) is 0 Å². The number of rotatable bonds is 5. The number of hydrogen-bond acceptors (Lipinski definition) is 2. The van der Waals surface area contributed by atoms with Crippen molar-refractivity contribution >= 4 is 5.78 Å². The van der Waals surface area contributed by atoms with Crippen LogP contribution in [0, 0.1) is 5.82 Å². The lowest BCUT2D eigenvalue weighted by Crippen LogP contribution is -1.99. The summed E-state index contributed by atoms with van der Waals surface area (Å²) in [6.45, 7) is 1.96. The average Bonchev–Trinajstić information content (AvgIpc) is 2.26. The Labute approximate surface area is 94.7 Å². The van der Waals surface area contributed by atoms with Crippen LogP contribution in [0.4, 0.5) is 4.39 Å². The molecule has 1 aromatic rings. The van der Waals surface area contributed by atoms with Gasteiger partial charge in [0.25, 0.3) is 0 Å². The molecule has 2 nitrogen and oxygen atoms in total. The highest BCUT2D eigenvalue weighted by Gasteiger charge is 2.05. The van der Waals surface area contributed by atoms with E-state index in [4.69, 9.17) is 4.74 Å². The lowest BCUT2D eigenvalue weighted by atomic mass is 10.1. The van der Waals surface area contributed by atoms with Gasteiger partial charge in [-0.2, -0.15) is 0 Å². The Hall–Kier alpha value is -1.64. The molecule has 0 amide bonds. The summed E-state index contributed by atoms with van der Waals surface area (Å²) < 4.78 is 18.1. The minimum Gasteiger partial charge on any atom is -0.494 e. The van der Waals surface area contributed by atoms with Crippen LogP contribution in [0.2, 0.25) is 0 Å². The van der Waals surface area contributed by atoms with Crippen molar-refractivity contribution in [3.05, 3.63) is 41.7 Å². The van der Waals surface area contributed by atoms with E-state index in [9.17, 15) is 9.18 Å². The number of ether oxygens (including phenoxy) is 1. The topological polar surface area (TPSA) is 26.3 Å². The van der Waals surface area contributed by atoms with E-state index < -0.39 is 5.82 Å². The molecule has 0 N–H and O–H groups in total. The second-order valence-corrected chi connectivity index (χ2v) is 3.42. The first-order valence-electron chi connectivity index (χ1n) is 5.19. The second kappa shape index (κ2) is 6.05. The first-order valence-corrected chi connectivity index (χ1v) is 5.19. The zero-order chi connectivity index (χ0) is 12.0. The minimum atomic E-state index is -0.438. The van der Waals surface area contributed by atoms with Crippen LogP contribution in [-0.2, 0) is 11.2 Å². The van der Waals surface area contributed by atoms with Crippen LogP contribution in [-0.4, -0.2) is 12.9 Å². The van der Waals surface area contributed by atoms with Crippen LogP contribution >= 0.6 is 0 Å². The maximum atomic E-state index is 13.3. The Balaban J connectivity index is 2.71. The van der Waals surface area contributed by atoms with Crippen LogP contribution < -0.4 is 4.74 Å². The SMILES string of the molecule is CC/C=C/C(=O)Cc1ccc(OC)c(F)c1. The zero-order valence-corrected chi connectivity index (χ0v) is 9.50. The number of carbonyl (C=O) groups is 1. The highest BCUT2D eigenvalue weighted by atomic mass is 19.1. The fourth-order valence-electron chi connectivity index (χ4n) is 1.33. The monoisotopic (exact) mass is 222 g/mol. The molecule has 0 saturated carbocycles. The first kappa shape index (κ1) is 12.4. The van der Waals surface area contributed by atoms with E-state index in [1.807, 2.05) is 6.92 Å². The number of carbonyl (C=O) groups excluding carboxylic acids is 1. The summed E-state index contributed by atoms with van der Waals surface area (Å²) in [5.74, 6) is -0.265. The average molecular weight is 222 g/mol. The maximum absolute atomic E-state index is 13.3. The van der Waals surface area contributed by atoms with Gasteiger partial charge in [0.1, 0.15) is 0 Å². The molecular formula is C13H15FO2. The van der Waals surface area contributed by atoms with Gasteiger partial charge in [-0.1, -0.05) is 19.1 Å². The van der Waals surface area contributed by atoms with Crippen molar-refractivity contribution in [2.75, 3.05) is 7.11 Å². The van der Waals surface area contributed by atoms with Gasteiger partial charge in [-0.3, -0.25) is 4.79 Å². The molecule has 3 heteroatoms. The molecule has 0 saturated heterocycles. The van der Waals surface area contributed by atoms with Gasteiger partial charge < -0.3 is 4.74 Å². The Morgan fingerprint density at radius 3 is 2.81 bits per heavy atom. The number of benzene rings is 1. The molecule has 1 rings (SSSR count). The van der Waals surface area contributed by atoms with Crippen LogP contribution in [0.25, 0.3) is 0 Å². The van der Waals surface area contributed by atoms with Crippen molar-refractivity contribution in [2.24, 2.45) is 0 Å². The van der Waals surface area contributed by atoms with Gasteiger partial charge in [-0.15, -0.1) is 0 Å². The van der Waals surface area contributed by atoms with Gasteiger partial charge in [0.2, 0.25) is 0 Å². The van der Waals surface area contributed by atoms with E-state index in [0.717, 1.165) is 6.42 Å². The van der Waals surface area contributed by atoms with Crippen LogP contribution in [0.5, 0.6) is 5.75 Å². The summed E-state index contributed by atoms with van der Waals surface area (Å²) in [6, 6.07) is 4.55. The van der Waals surface area contributed by atoms with Gasteiger partial charge in [-0.05, 0) is 30.2 Å². The van der Waals surface area contributed by atoms with E-state index in [1.54, 1.807) is 12.1 Å². The maximum Gasteiger partial charge on any atom is 0.165 e. The highest BCUT2D eigenvalue weighted by molar-refractivity contribution is 5.91. The molecule has 0 spiro atoms. The number of hydrogen-bond donors (Lipinski definition) is 0. The Bertz CT molecular complexity index is 397. The third-order valence-corrected chi connectivity index (χ3v) is 2.13. The van der Waals surface area contributed by atoms with Gasteiger partial charge in [-0.25, -0.2) is 4.39 Å². The smallest absolute Gasteiger partial charge is 0.165 e. The third kappa shape index (κ3) is 3.50. The summed E-state index contributed by atoms with van der Waals surface area (Å²) in [6.07, 6.45) is 4.37. The quantitative estimate of drug-likeness (QED) is 0.716. The second-order valence-electron chi connectivity index (χ2n) is 3.42. The molecule has 16 heavy (non-hydrogen) atoms. The molecule has 0 atom stereocenters. The lowest BCUT2D eigenvalue weighted by Gasteiger charge is -2.03. The van der Waals surface area contributed by atoms with E-state index in [-0.39, 0.29) is 18.0 Å². The Morgan fingerprint density at radius 1 is 1.50 bits per heavy atom. The Morgan fingerprint density at radius 2 is 2.25 bits per heavy atom. The van der Waals surface area contributed by atoms with Crippen molar-refractivity contribution in [3.63, 3.8) is 0 Å². The molecule has 0 fully saturated rings. The first-order chi connectivity index (χ1) is 7.67. The lowest BCUT2D eigenvalue weighted by molar-refractivity contribution is -0.114. The molecule has 1 aromatic carbocycles. The Kier molecular flexibility index (Phi) is 4.70. The van der Waals surface area contributed by atoms with Crippen LogP contribution in [0.3, 0.4) is 0 Å². The predicted molar refractivity (Wildman–Crippen MR) is 61.1 cm³/mol. The summed E-state index contributed by atoms with van der Waals surface area (Å²) in [5, 5.41) is 0. The molecule has 0 aliphatic rings. The number of methoxy groups -OCH3 is 1. The van der Waals surface area contributed by atoms with Gasteiger partial charge in [0.15, 0.2) is 17.3 Å². The minimum absolute atomic E-state index is 0.0218. The van der Waals surface area contributed by atoms with E-state index in [1.165, 1.54) is 25.3 Å². The number of halogens is 1. The molecule has 86 valence electrons. The molecule has 0 heterocycles. The van der Waals surface area contributed by atoms with E-state index in [0.29, 0.717) is 5.56 Å². The summed E-state index contributed by atoms with van der Waals surface area (Å²) in [5.41, 5.74) is 0.657. The van der Waals surface area contributed by atoms with Gasteiger partial charge in [0.05, 0.1) is 7.11 Å². The molecule has 0 aromatic heterocycles. The van der Waals surface area contributed by atoms with Gasteiger partial charge >= 0.3 is 0 Å². The highest BCUT2D eigenvalue weighted by Crippen LogP contribution is 2.18. The predicted octanol–water partition coefficient (Wildman–Crippen LogP) is 2.91. The molecule has 0 aliphatic carbocycles. The fraction of sp³-hybridized carbons (Fsp3) is 0.308. The largest absolute Gasteiger partial charge is 0.494 e.